The van der Waals surface area contributed by atoms with E-state index in [4.69, 9.17) is 11.6 Å². The van der Waals surface area contributed by atoms with Crippen LogP contribution in [0.2, 0.25) is 5.15 Å². The predicted molar refractivity (Wildman–Crippen MR) is 67.5 cm³/mol. The van der Waals surface area contributed by atoms with E-state index in [1.807, 2.05) is 19.9 Å². The van der Waals surface area contributed by atoms with E-state index in [1.165, 1.54) is 12.1 Å². The molecule has 0 amide bonds. The maximum absolute atomic E-state index is 10.7. The number of aromatic nitrogens is 1. The van der Waals surface area contributed by atoms with E-state index in [1.54, 1.807) is 6.07 Å². The molecule has 2 rings (SSSR count). The Morgan fingerprint density at radius 3 is 2.65 bits per heavy atom. The number of pyridine rings is 1. The van der Waals surface area contributed by atoms with Gasteiger partial charge in [0.25, 0.3) is 5.69 Å². The Bertz CT molecular complexity index is 596. The Morgan fingerprint density at radius 1 is 1.35 bits per heavy atom. The summed E-state index contributed by atoms with van der Waals surface area (Å²) in [7, 11) is 0. The molecule has 1 aromatic heterocycles. The fourth-order valence-electron chi connectivity index (χ4n) is 1.68. The lowest BCUT2D eigenvalue weighted by Crippen LogP contribution is -1.94. The van der Waals surface area contributed by atoms with E-state index >= 15 is 0 Å². The number of non-ortho nitro benzene ring substituents is 1. The van der Waals surface area contributed by atoms with Crippen molar-refractivity contribution in [3.05, 3.63) is 45.1 Å². The van der Waals surface area contributed by atoms with Gasteiger partial charge < -0.3 is 0 Å². The Morgan fingerprint density at radius 2 is 2.06 bits per heavy atom. The van der Waals surface area contributed by atoms with Crippen molar-refractivity contribution in [2.24, 2.45) is 0 Å². The quantitative estimate of drug-likeness (QED) is 0.461. The summed E-state index contributed by atoms with van der Waals surface area (Å²) < 4.78 is 0. The lowest BCUT2D eigenvalue weighted by Gasteiger charge is -2.08. The van der Waals surface area contributed by atoms with Crippen LogP contribution in [0.25, 0.3) is 10.9 Å². The van der Waals surface area contributed by atoms with Crippen LogP contribution in [-0.4, -0.2) is 9.91 Å². The summed E-state index contributed by atoms with van der Waals surface area (Å²) in [6.07, 6.45) is 0. The summed E-state index contributed by atoms with van der Waals surface area (Å²) in [5, 5.41) is 11.9. The van der Waals surface area contributed by atoms with Crippen LogP contribution in [0.15, 0.2) is 24.3 Å². The fourth-order valence-corrected chi connectivity index (χ4v) is 2.04. The van der Waals surface area contributed by atoms with E-state index in [0.717, 1.165) is 10.9 Å². The summed E-state index contributed by atoms with van der Waals surface area (Å²) in [6.45, 7) is 4.01. The second-order valence-corrected chi connectivity index (χ2v) is 4.52. The highest BCUT2D eigenvalue weighted by atomic mass is 35.5. The molecule has 88 valence electrons. The predicted octanol–water partition coefficient (Wildman–Crippen LogP) is 3.92. The van der Waals surface area contributed by atoms with E-state index < -0.39 is 4.92 Å². The minimum Gasteiger partial charge on any atom is -0.258 e. The number of hydrogen-bond acceptors (Lipinski definition) is 3. The molecule has 0 atom stereocenters. The molecule has 0 aliphatic rings. The molecule has 2 aromatic rings. The highest BCUT2D eigenvalue weighted by Crippen LogP contribution is 2.28. The molecule has 1 aromatic carbocycles. The monoisotopic (exact) mass is 250 g/mol. The van der Waals surface area contributed by atoms with E-state index in [0.29, 0.717) is 10.7 Å². The van der Waals surface area contributed by atoms with Gasteiger partial charge in [0, 0.05) is 17.5 Å². The van der Waals surface area contributed by atoms with Crippen LogP contribution in [0.1, 0.15) is 25.3 Å². The minimum absolute atomic E-state index is 0.0660. The van der Waals surface area contributed by atoms with Gasteiger partial charge in [-0.3, -0.25) is 10.1 Å². The first-order chi connectivity index (χ1) is 7.99. The van der Waals surface area contributed by atoms with Gasteiger partial charge in [0.1, 0.15) is 5.15 Å². The first kappa shape index (κ1) is 11.8. The smallest absolute Gasteiger partial charge is 0.258 e. The minimum atomic E-state index is -0.414. The second kappa shape index (κ2) is 4.30. The molecule has 0 saturated carbocycles. The standard InChI is InChI=1S/C12H11ClN2O2/c1-7(2)10-6-8-5-9(15(16)17)3-4-11(8)14-12(10)13/h3-7H,1-2H3. The average molecular weight is 251 g/mol. The Kier molecular flexibility index (Phi) is 2.98. The SMILES string of the molecule is CC(C)c1cc2cc([N+](=O)[O-])ccc2nc1Cl. The number of hydrogen-bond donors (Lipinski definition) is 0. The summed E-state index contributed by atoms with van der Waals surface area (Å²) >= 11 is 6.06. The van der Waals surface area contributed by atoms with Crippen molar-refractivity contribution >= 4 is 28.2 Å². The number of nitro groups is 1. The molecular formula is C12H11ClN2O2. The molecule has 0 spiro atoms. The molecule has 0 radical (unpaired) electrons. The normalized spacial score (nSPS) is 11.1. The van der Waals surface area contributed by atoms with E-state index in [2.05, 4.69) is 4.98 Å². The van der Waals surface area contributed by atoms with Crippen molar-refractivity contribution in [3.8, 4) is 0 Å². The van der Waals surface area contributed by atoms with Crippen LogP contribution >= 0.6 is 11.6 Å². The van der Waals surface area contributed by atoms with Crippen LogP contribution < -0.4 is 0 Å². The second-order valence-electron chi connectivity index (χ2n) is 4.16. The van der Waals surface area contributed by atoms with Gasteiger partial charge in [-0.05, 0) is 23.6 Å². The van der Waals surface area contributed by atoms with Crippen molar-refractivity contribution in [2.45, 2.75) is 19.8 Å². The van der Waals surface area contributed by atoms with Crippen LogP contribution in [0.5, 0.6) is 0 Å². The van der Waals surface area contributed by atoms with Gasteiger partial charge in [-0.15, -0.1) is 0 Å². The van der Waals surface area contributed by atoms with Gasteiger partial charge in [-0.25, -0.2) is 4.98 Å². The number of benzene rings is 1. The van der Waals surface area contributed by atoms with Crippen molar-refractivity contribution < 1.29 is 4.92 Å². The fraction of sp³-hybridized carbons (Fsp3) is 0.250. The first-order valence-corrected chi connectivity index (χ1v) is 5.61. The van der Waals surface area contributed by atoms with Gasteiger partial charge in [-0.1, -0.05) is 25.4 Å². The molecule has 5 heteroatoms. The zero-order valence-corrected chi connectivity index (χ0v) is 10.2. The summed E-state index contributed by atoms with van der Waals surface area (Å²) in [4.78, 5) is 14.5. The Hall–Kier alpha value is -1.68. The lowest BCUT2D eigenvalue weighted by atomic mass is 10.0. The zero-order valence-electron chi connectivity index (χ0n) is 9.48. The molecule has 0 aliphatic carbocycles. The summed E-state index contributed by atoms with van der Waals surface area (Å²) in [5.41, 5.74) is 1.64. The third-order valence-corrected chi connectivity index (χ3v) is 2.91. The van der Waals surface area contributed by atoms with E-state index in [-0.39, 0.29) is 11.6 Å². The lowest BCUT2D eigenvalue weighted by molar-refractivity contribution is -0.384. The van der Waals surface area contributed by atoms with Gasteiger partial charge >= 0.3 is 0 Å². The third kappa shape index (κ3) is 2.22. The molecular weight excluding hydrogens is 240 g/mol. The van der Waals surface area contributed by atoms with Gasteiger partial charge in [0.2, 0.25) is 0 Å². The molecule has 0 N–H and O–H groups in total. The van der Waals surface area contributed by atoms with Crippen LogP contribution in [0, 0.1) is 10.1 Å². The Labute approximate surface area is 103 Å². The van der Waals surface area contributed by atoms with Gasteiger partial charge in [-0.2, -0.15) is 0 Å². The topological polar surface area (TPSA) is 56.0 Å². The van der Waals surface area contributed by atoms with Crippen molar-refractivity contribution in [1.29, 1.82) is 0 Å². The van der Waals surface area contributed by atoms with Crippen molar-refractivity contribution in [1.82, 2.24) is 4.98 Å². The molecule has 17 heavy (non-hydrogen) atoms. The highest BCUT2D eigenvalue weighted by Gasteiger charge is 2.11. The van der Waals surface area contributed by atoms with Crippen LogP contribution in [-0.2, 0) is 0 Å². The largest absolute Gasteiger partial charge is 0.270 e. The number of fused-ring (bicyclic) bond motifs is 1. The molecule has 0 bridgehead atoms. The molecule has 0 fully saturated rings. The third-order valence-electron chi connectivity index (χ3n) is 2.61. The maximum Gasteiger partial charge on any atom is 0.270 e. The number of nitrogens with zero attached hydrogens (tertiary/aromatic N) is 2. The number of nitro benzene ring substituents is 1. The van der Waals surface area contributed by atoms with Crippen molar-refractivity contribution in [3.63, 3.8) is 0 Å². The average Bonchev–Trinajstić information content (AvgIpc) is 2.27. The van der Waals surface area contributed by atoms with Gasteiger partial charge in [0.15, 0.2) is 0 Å². The maximum atomic E-state index is 10.7. The molecule has 0 saturated heterocycles. The molecule has 0 unspecified atom stereocenters. The first-order valence-electron chi connectivity index (χ1n) is 5.23. The zero-order chi connectivity index (χ0) is 12.6. The van der Waals surface area contributed by atoms with E-state index in [9.17, 15) is 10.1 Å². The Balaban J connectivity index is 2.68. The molecule has 0 aliphatic heterocycles. The van der Waals surface area contributed by atoms with Crippen molar-refractivity contribution in [2.75, 3.05) is 0 Å². The number of rotatable bonds is 2. The van der Waals surface area contributed by atoms with Crippen LogP contribution in [0.4, 0.5) is 5.69 Å². The summed E-state index contributed by atoms with van der Waals surface area (Å²) in [5.74, 6) is 0.235. The van der Waals surface area contributed by atoms with Crippen LogP contribution in [0.3, 0.4) is 0 Å². The summed E-state index contributed by atoms with van der Waals surface area (Å²) in [6, 6.07) is 6.43. The molecule has 4 nitrogen and oxygen atoms in total. The number of halogens is 1. The highest BCUT2D eigenvalue weighted by molar-refractivity contribution is 6.30. The molecule has 1 heterocycles. The van der Waals surface area contributed by atoms with Gasteiger partial charge in [0.05, 0.1) is 10.4 Å².